The lowest BCUT2D eigenvalue weighted by atomic mass is 10.0. The molecule has 1 aromatic rings. The highest BCUT2D eigenvalue weighted by molar-refractivity contribution is 5.73. The van der Waals surface area contributed by atoms with Crippen LogP contribution in [0.2, 0.25) is 0 Å². The monoisotopic (exact) mass is 254 g/mol. The van der Waals surface area contributed by atoms with Gasteiger partial charge in [0.1, 0.15) is 11.8 Å². The SMILES string of the molecule is CCOC(=O)Cc1c(C(F)F)ncc(C#N)c1C. The number of carbonyl (C=O) groups is 1. The summed E-state index contributed by atoms with van der Waals surface area (Å²) in [6.07, 6.45) is -2.01. The van der Waals surface area contributed by atoms with E-state index < -0.39 is 18.1 Å². The van der Waals surface area contributed by atoms with E-state index in [0.717, 1.165) is 6.20 Å². The maximum atomic E-state index is 12.8. The molecule has 1 aromatic heterocycles. The predicted molar refractivity (Wildman–Crippen MR) is 59.0 cm³/mol. The molecule has 0 saturated carbocycles. The van der Waals surface area contributed by atoms with Crippen molar-refractivity contribution in [3.05, 3.63) is 28.6 Å². The fraction of sp³-hybridized carbons (Fsp3) is 0.417. The molecule has 4 nitrogen and oxygen atoms in total. The predicted octanol–water partition coefficient (Wildman–Crippen LogP) is 2.30. The number of alkyl halides is 2. The zero-order valence-electron chi connectivity index (χ0n) is 10.0. The summed E-state index contributed by atoms with van der Waals surface area (Å²) in [6.45, 7) is 3.32. The molecule has 0 bridgehead atoms. The Bertz CT molecular complexity index is 496. The van der Waals surface area contributed by atoms with Gasteiger partial charge in [0.05, 0.1) is 18.6 Å². The first-order valence-corrected chi connectivity index (χ1v) is 5.33. The Morgan fingerprint density at radius 1 is 1.61 bits per heavy atom. The van der Waals surface area contributed by atoms with Gasteiger partial charge in [-0.15, -0.1) is 0 Å². The van der Waals surface area contributed by atoms with E-state index >= 15 is 0 Å². The fourth-order valence-corrected chi connectivity index (χ4v) is 1.54. The van der Waals surface area contributed by atoms with Gasteiger partial charge < -0.3 is 4.74 Å². The Kier molecular flexibility index (Phi) is 4.72. The van der Waals surface area contributed by atoms with Gasteiger partial charge in [-0.05, 0) is 25.0 Å². The van der Waals surface area contributed by atoms with Gasteiger partial charge in [0, 0.05) is 6.20 Å². The number of aromatic nitrogens is 1. The number of hydrogen-bond donors (Lipinski definition) is 0. The number of pyridine rings is 1. The summed E-state index contributed by atoms with van der Waals surface area (Å²) in [7, 11) is 0. The molecule has 0 radical (unpaired) electrons. The highest BCUT2D eigenvalue weighted by Crippen LogP contribution is 2.25. The zero-order chi connectivity index (χ0) is 13.7. The van der Waals surface area contributed by atoms with Crippen LogP contribution in [-0.2, 0) is 16.0 Å². The van der Waals surface area contributed by atoms with Crippen LogP contribution in [0.25, 0.3) is 0 Å². The van der Waals surface area contributed by atoms with Crippen LogP contribution >= 0.6 is 0 Å². The summed E-state index contributed by atoms with van der Waals surface area (Å²) in [5, 5.41) is 8.82. The maximum Gasteiger partial charge on any atom is 0.310 e. The molecule has 0 aliphatic heterocycles. The van der Waals surface area contributed by atoms with Gasteiger partial charge in [-0.1, -0.05) is 0 Å². The zero-order valence-corrected chi connectivity index (χ0v) is 10.0. The largest absolute Gasteiger partial charge is 0.466 e. The molecule has 1 rings (SSSR count). The number of halogens is 2. The quantitative estimate of drug-likeness (QED) is 0.773. The van der Waals surface area contributed by atoms with Crippen molar-refractivity contribution in [3.63, 3.8) is 0 Å². The summed E-state index contributed by atoms with van der Waals surface area (Å²) < 4.78 is 30.3. The molecule has 6 heteroatoms. The van der Waals surface area contributed by atoms with E-state index in [1.54, 1.807) is 6.92 Å². The number of rotatable bonds is 4. The van der Waals surface area contributed by atoms with Crippen LogP contribution in [0.15, 0.2) is 6.20 Å². The normalized spacial score (nSPS) is 10.2. The molecule has 0 spiro atoms. The number of nitriles is 1. The van der Waals surface area contributed by atoms with Crippen LogP contribution in [-0.4, -0.2) is 17.6 Å². The molecule has 0 amide bonds. The third-order valence-electron chi connectivity index (χ3n) is 2.45. The van der Waals surface area contributed by atoms with E-state index in [-0.39, 0.29) is 24.2 Å². The molecule has 96 valence electrons. The van der Waals surface area contributed by atoms with E-state index in [4.69, 9.17) is 10.00 Å². The molecular weight excluding hydrogens is 242 g/mol. The van der Waals surface area contributed by atoms with Gasteiger partial charge in [0.15, 0.2) is 0 Å². The standard InChI is InChI=1S/C12H12F2N2O2/c1-3-18-10(17)4-9-7(2)8(5-15)6-16-11(9)12(13)14/h6,12H,3-4H2,1-2H3. The number of carbonyl (C=O) groups excluding carboxylic acids is 1. The molecule has 0 fully saturated rings. The van der Waals surface area contributed by atoms with Crippen LogP contribution in [0.1, 0.15) is 35.7 Å². The van der Waals surface area contributed by atoms with Gasteiger partial charge in [-0.3, -0.25) is 9.78 Å². The second-order valence-corrected chi connectivity index (χ2v) is 3.55. The molecule has 0 atom stereocenters. The van der Waals surface area contributed by atoms with E-state index in [2.05, 4.69) is 4.98 Å². The minimum Gasteiger partial charge on any atom is -0.466 e. The lowest BCUT2D eigenvalue weighted by molar-refractivity contribution is -0.142. The number of nitrogens with zero attached hydrogens (tertiary/aromatic N) is 2. The summed E-state index contributed by atoms with van der Waals surface area (Å²) in [4.78, 5) is 14.9. The van der Waals surface area contributed by atoms with Crippen LogP contribution < -0.4 is 0 Å². The van der Waals surface area contributed by atoms with Crippen LogP contribution in [0.3, 0.4) is 0 Å². The van der Waals surface area contributed by atoms with Crippen molar-refractivity contribution < 1.29 is 18.3 Å². The van der Waals surface area contributed by atoms with E-state index in [9.17, 15) is 13.6 Å². The molecule has 0 saturated heterocycles. The lowest BCUT2D eigenvalue weighted by Gasteiger charge is -2.11. The second-order valence-electron chi connectivity index (χ2n) is 3.55. The minimum atomic E-state index is -2.79. The minimum absolute atomic E-state index is 0.0718. The van der Waals surface area contributed by atoms with E-state index in [1.807, 2.05) is 6.07 Å². The van der Waals surface area contributed by atoms with Crippen LogP contribution in [0, 0.1) is 18.3 Å². The van der Waals surface area contributed by atoms with Crippen molar-refractivity contribution in [2.45, 2.75) is 26.7 Å². The van der Waals surface area contributed by atoms with Gasteiger partial charge in [0.25, 0.3) is 6.43 Å². The summed E-state index contributed by atoms with van der Waals surface area (Å²) in [6, 6.07) is 1.85. The van der Waals surface area contributed by atoms with E-state index in [1.165, 1.54) is 6.92 Å². The van der Waals surface area contributed by atoms with Crippen molar-refractivity contribution in [1.82, 2.24) is 4.98 Å². The van der Waals surface area contributed by atoms with Crippen molar-refractivity contribution in [3.8, 4) is 6.07 Å². The van der Waals surface area contributed by atoms with Gasteiger partial charge >= 0.3 is 5.97 Å². The molecular formula is C12H12F2N2O2. The average molecular weight is 254 g/mol. The number of hydrogen-bond acceptors (Lipinski definition) is 4. The second kappa shape index (κ2) is 6.05. The first kappa shape index (κ1) is 14.0. The smallest absolute Gasteiger partial charge is 0.310 e. The maximum absolute atomic E-state index is 12.8. The third kappa shape index (κ3) is 3.00. The Morgan fingerprint density at radius 2 is 2.28 bits per heavy atom. The van der Waals surface area contributed by atoms with Gasteiger partial charge in [-0.2, -0.15) is 5.26 Å². The topological polar surface area (TPSA) is 63.0 Å². The van der Waals surface area contributed by atoms with Crippen molar-refractivity contribution >= 4 is 5.97 Å². The first-order chi connectivity index (χ1) is 8.51. The van der Waals surface area contributed by atoms with Gasteiger partial charge in [0.2, 0.25) is 0 Å². The highest BCUT2D eigenvalue weighted by Gasteiger charge is 2.21. The highest BCUT2D eigenvalue weighted by atomic mass is 19.3. The fourth-order valence-electron chi connectivity index (χ4n) is 1.54. The average Bonchev–Trinajstić information content (AvgIpc) is 2.31. The van der Waals surface area contributed by atoms with Crippen molar-refractivity contribution in [2.75, 3.05) is 6.61 Å². The molecule has 0 unspecified atom stereocenters. The van der Waals surface area contributed by atoms with Crippen molar-refractivity contribution in [2.24, 2.45) is 0 Å². The number of ether oxygens (including phenoxy) is 1. The summed E-state index contributed by atoms with van der Waals surface area (Å²) in [5.41, 5.74) is 0.122. The Morgan fingerprint density at radius 3 is 2.78 bits per heavy atom. The van der Waals surface area contributed by atoms with Crippen LogP contribution in [0.4, 0.5) is 8.78 Å². The summed E-state index contributed by atoms with van der Waals surface area (Å²) >= 11 is 0. The Balaban J connectivity index is 3.20. The van der Waals surface area contributed by atoms with Crippen LogP contribution in [0.5, 0.6) is 0 Å². The molecule has 18 heavy (non-hydrogen) atoms. The molecule has 0 aromatic carbocycles. The Labute approximate surface area is 103 Å². The molecule has 0 N–H and O–H groups in total. The molecule has 0 aliphatic carbocycles. The molecule has 1 heterocycles. The molecule has 0 aliphatic rings. The number of esters is 1. The summed E-state index contributed by atoms with van der Waals surface area (Å²) in [5.74, 6) is -0.612. The third-order valence-corrected chi connectivity index (χ3v) is 2.45. The lowest BCUT2D eigenvalue weighted by Crippen LogP contribution is -2.12. The Hall–Kier alpha value is -2.03. The van der Waals surface area contributed by atoms with E-state index in [0.29, 0.717) is 5.56 Å². The van der Waals surface area contributed by atoms with Crippen molar-refractivity contribution in [1.29, 1.82) is 5.26 Å². The first-order valence-electron chi connectivity index (χ1n) is 5.33. The van der Waals surface area contributed by atoms with Gasteiger partial charge in [-0.25, -0.2) is 8.78 Å².